The van der Waals surface area contributed by atoms with Gasteiger partial charge in [-0.15, -0.1) is 29.5 Å². The molecule has 0 aliphatic carbocycles. The van der Waals surface area contributed by atoms with Gasteiger partial charge < -0.3 is 5.32 Å². The van der Waals surface area contributed by atoms with Gasteiger partial charge in [-0.2, -0.15) is 0 Å². The molecular formula is C9H12N2S2. The van der Waals surface area contributed by atoms with E-state index in [0.29, 0.717) is 0 Å². The third-order valence-electron chi connectivity index (χ3n) is 1.40. The molecule has 0 unspecified atom stereocenters. The van der Waals surface area contributed by atoms with Gasteiger partial charge in [0.2, 0.25) is 0 Å². The van der Waals surface area contributed by atoms with Crippen LogP contribution in [0.3, 0.4) is 0 Å². The molecule has 1 rings (SSSR count). The van der Waals surface area contributed by atoms with Crippen LogP contribution in [0.25, 0.3) is 0 Å². The van der Waals surface area contributed by atoms with E-state index in [0.717, 1.165) is 30.3 Å². The molecule has 0 aliphatic heterocycles. The quantitative estimate of drug-likeness (QED) is 0.573. The van der Waals surface area contributed by atoms with Gasteiger partial charge in [-0.05, 0) is 0 Å². The number of rotatable bonds is 6. The van der Waals surface area contributed by atoms with Crippen molar-refractivity contribution < 1.29 is 0 Å². The lowest BCUT2D eigenvalue weighted by Crippen LogP contribution is -2.16. The fraction of sp³-hybridized carbons (Fsp3) is 0.444. The van der Waals surface area contributed by atoms with Crippen molar-refractivity contribution in [3.63, 3.8) is 0 Å². The third-order valence-corrected chi connectivity index (χ3v) is 2.90. The van der Waals surface area contributed by atoms with Crippen LogP contribution in [-0.2, 0) is 6.54 Å². The maximum Gasteiger partial charge on any atom is 0.0795 e. The van der Waals surface area contributed by atoms with E-state index in [1.54, 1.807) is 23.1 Å². The third kappa shape index (κ3) is 4.94. The van der Waals surface area contributed by atoms with Crippen molar-refractivity contribution >= 4 is 23.1 Å². The molecule has 1 aromatic rings. The number of hydrogen-bond acceptors (Lipinski definition) is 4. The molecule has 0 spiro atoms. The Balaban J connectivity index is 1.94. The van der Waals surface area contributed by atoms with E-state index in [1.807, 2.05) is 5.51 Å². The Kier molecular flexibility index (Phi) is 5.66. The van der Waals surface area contributed by atoms with Crippen molar-refractivity contribution in [3.05, 3.63) is 16.6 Å². The number of hydrogen-bond donors (Lipinski definition) is 1. The Morgan fingerprint density at radius 1 is 1.69 bits per heavy atom. The first-order valence-corrected chi connectivity index (χ1v) is 6.12. The largest absolute Gasteiger partial charge is 0.310 e. The SMILES string of the molecule is C#CCSCCNCc1cscn1. The van der Waals surface area contributed by atoms with E-state index in [2.05, 4.69) is 21.6 Å². The molecular weight excluding hydrogens is 200 g/mol. The number of nitrogens with zero attached hydrogens (tertiary/aromatic N) is 1. The molecule has 70 valence electrons. The van der Waals surface area contributed by atoms with E-state index in [-0.39, 0.29) is 0 Å². The minimum atomic E-state index is 0.804. The molecule has 13 heavy (non-hydrogen) atoms. The monoisotopic (exact) mass is 212 g/mol. The van der Waals surface area contributed by atoms with Crippen LogP contribution < -0.4 is 5.32 Å². The van der Waals surface area contributed by atoms with Crippen LogP contribution >= 0.6 is 23.1 Å². The van der Waals surface area contributed by atoms with Crippen molar-refractivity contribution in [2.24, 2.45) is 0 Å². The van der Waals surface area contributed by atoms with E-state index >= 15 is 0 Å². The second-order valence-electron chi connectivity index (χ2n) is 2.41. The Morgan fingerprint density at radius 3 is 3.31 bits per heavy atom. The van der Waals surface area contributed by atoms with E-state index in [1.165, 1.54) is 0 Å². The predicted molar refractivity (Wildman–Crippen MR) is 60.0 cm³/mol. The summed E-state index contributed by atoms with van der Waals surface area (Å²) in [5.41, 5.74) is 2.97. The normalized spacial score (nSPS) is 9.77. The van der Waals surface area contributed by atoms with Crippen molar-refractivity contribution in [3.8, 4) is 12.3 Å². The Bertz CT molecular complexity index is 251. The smallest absolute Gasteiger partial charge is 0.0795 e. The van der Waals surface area contributed by atoms with Crippen molar-refractivity contribution in [1.29, 1.82) is 0 Å². The number of thioether (sulfide) groups is 1. The molecule has 0 saturated carbocycles. The second-order valence-corrected chi connectivity index (χ2v) is 4.24. The molecule has 0 saturated heterocycles. The predicted octanol–water partition coefficient (Wildman–Crippen LogP) is 1.60. The van der Waals surface area contributed by atoms with Gasteiger partial charge in [0.25, 0.3) is 0 Å². The van der Waals surface area contributed by atoms with Crippen LogP contribution in [0.4, 0.5) is 0 Å². The summed E-state index contributed by atoms with van der Waals surface area (Å²) < 4.78 is 0. The van der Waals surface area contributed by atoms with Gasteiger partial charge in [0.1, 0.15) is 0 Å². The first kappa shape index (κ1) is 10.6. The van der Waals surface area contributed by atoms with E-state index in [4.69, 9.17) is 6.42 Å². The second kappa shape index (κ2) is 6.96. The van der Waals surface area contributed by atoms with Gasteiger partial charge in [-0.3, -0.25) is 0 Å². The summed E-state index contributed by atoms with van der Waals surface area (Å²) in [6, 6.07) is 0. The van der Waals surface area contributed by atoms with Crippen LogP contribution in [0.5, 0.6) is 0 Å². The molecule has 4 heteroatoms. The summed E-state index contributed by atoms with van der Waals surface area (Å²) in [7, 11) is 0. The van der Waals surface area contributed by atoms with Crippen molar-refractivity contribution in [2.75, 3.05) is 18.1 Å². The maximum absolute atomic E-state index is 5.12. The lowest BCUT2D eigenvalue weighted by atomic mass is 10.5. The first-order valence-electron chi connectivity index (χ1n) is 4.02. The molecule has 1 aromatic heterocycles. The Hall–Kier alpha value is -0.500. The first-order chi connectivity index (χ1) is 6.43. The fourth-order valence-electron chi connectivity index (χ4n) is 0.817. The molecule has 0 fully saturated rings. The van der Waals surface area contributed by atoms with E-state index < -0.39 is 0 Å². The highest BCUT2D eigenvalue weighted by Crippen LogP contribution is 2.00. The average Bonchev–Trinajstić information content (AvgIpc) is 2.63. The number of terminal acetylenes is 1. The summed E-state index contributed by atoms with van der Waals surface area (Å²) in [6.45, 7) is 1.85. The van der Waals surface area contributed by atoms with Crippen LogP contribution in [0.15, 0.2) is 10.9 Å². The highest BCUT2D eigenvalue weighted by molar-refractivity contribution is 7.99. The lowest BCUT2D eigenvalue weighted by Gasteiger charge is -2.00. The molecule has 1 heterocycles. The summed E-state index contributed by atoms with van der Waals surface area (Å²) in [5, 5.41) is 5.36. The topological polar surface area (TPSA) is 24.9 Å². The zero-order chi connectivity index (χ0) is 9.36. The van der Waals surface area contributed by atoms with Crippen LogP contribution in [0.1, 0.15) is 5.69 Å². The summed E-state index contributed by atoms with van der Waals surface area (Å²) in [5.74, 6) is 4.46. The highest BCUT2D eigenvalue weighted by Gasteiger charge is 1.92. The van der Waals surface area contributed by atoms with Gasteiger partial charge in [-0.1, -0.05) is 5.92 Å². The van der Waals surface area contributed by atoms with Gasteiger partial charge in [0, 0.05) is 24.2 Å². The fourth-order valence-corrected chi connectivity index (χ4v) is 1.93. The minimum Gasteiger partial charge on any atom is -0.310 e. The summed E-state index contributed by atoms with van der Waals surface area (Å²) in [6.07, 6.45) is 5.12. The highest BCUT2D eigenvalue weighted by atomic mass is 32.2. The van der Waals surface area contributed by atoms with Crippen molar-refractivity contribution in [2.45, 2.75) is 6.54 Å². The van der Waals surface area contributed by atoms with Gasteiger partial charge in [-0.25, -0.2) is 4.98 Å². The molecule has 0 aromatic carbocycles. The van der Waals surface area contributed by atoms with Crippen molar-refractivity contribution in [1.82, 2.24) is 10.3 Å². The molecule has 0 aliphatic rings. The Labute approximate surface area is 87.2 Å². The molecule has 0 bridgehead atoms. The van der Waals surface area contributed by atoms with Crippen LogP contribution in [0, 0.1) is 12.3 Å². The molecule has 0 atom stereocenters. The molecule has 0 radical (unpaired) electrons. The van der Waals surface area contributed by atoms with Gasteiger partial charge >= 0.3 is 0 Å². The number of nitrogens with one attached hydrogen (secondary N) is 1. The summed E-state index contributed by atoms with van der Waals surface area (Å²) in [4.78, 5) is 4.17. The average molecular weight is 212 g/mol. The maximum atomic E-state index is 5.12. The molecule has 2 nitrogen and oxygen atoms in total. The zero-order valence-electron chi connectivity index (χ0n) is 7.32. The zero-order valence-corrected chi connectivity index (χ0v) is 8.96. The molecule has 1 N–H and O–H groups in total. The van der Waals surface area contributed by atoms with Gasteiger partial charge in [0.15, 0.2) is 0 Å². The molecule has 0 amide bonds. The Morgan fingerprint density at radius 2 is 2.62 bits per heavy atom. The standard InChI is InChI=1S/C9H12N2S2/c1-2-4-12-5-3-10-6-9-7-13-8-11-9/h1,7-8,10H,3-6H2. The summed E-state index contributed by atoms with van der Waals surface area (Å²) >= 11 is 3.40. The van der Waals surface area contributed by atoms with E-state index in [9.17, 15) is 0 Å². The minimum absolute atomic E-state index is 0.804. The van der Waals surface area contributed by atoms with Crippen LogP contribution in [0.2, 0.25) is 0 Å². The van der Waals surface area contributed by atoms with Gasteiger partial charge in [0.05, 0.1) is 17.0 Å². The number of aromatic nitrogens is 1. The van der Waals surface area contributed by atoms with Crippen LogP contribution in [-0.4, -0.2) is 23.0 Å². The lowest BCUT2D eigenvalue weighted by molar-refractivity contribution is 0.719. The number of thiazole rings is 1.